The SMILES string of the molecule is CCCCCCCCC/C=C/[C@H]1CCC[C@H](C)N1C(=O)OC(C)(C)C. The third-order valence-corrected chi connectivity index (χ3v) is 4.89. The molecule has 1 aliphatic rings. The van der Waals surface area contributed by atoms with Gasteiger partial charge in [-0.05, 0) is 59.8 Å². The van der Waals surface area contributed by atoms with E-state index in [1.807, 2.05) is 25.7 Å². The van der Waals surface area contributed by atoms with E-state index in [0.29, 0.717) is 0 Å². The molecule has 0 aromatic carbocycles. The molecule has 0 radical (unpaired) electrons. The first-order valence-electron chi connectivity index (χ1n) is 10.5. The van der Waals surface area contributed by atoms with Crippen LogP contribution in [0.3, 0.4) is 0 Å². The van der Waals surface area contributed by atoms with Crippen molar-refractivity contribution in [2.45, 2.75) is 123 Å². The van der Waals surface area contributed by atoms with Crippen LogP contribution in [0.5, 0.6) is 0 Å². The van der Waals surface area contributed by atoms with Crippen LogP contribution in [0.2, 0.25) is 0 Å². The first-order chi connectivity index (χ1) is 11.8. The lowest BCUT2D eigenvalue weighted by atomic mass is 9.96. The molecular formula is C22H41NO2. The lowest BCUT2D eigenvalue weighted by Crippen LogP contribution is -2.49. The van der Waals surface area contributed by atoms with Gasteiger partial charge in [0, 0.05) is 6.04 Å². The van der Waals surface area contributed by atoms with Crippen LogP contribution >= 0.6 is 0 Å². The summed E-state index contributed by atoms with van der Waals surface area (Å²) < 4.78 is 5.62. The van der Waals surface area contributed by atoms with Crippen LogP contribution in [-0.4, -0.2) is 28.7 Å². The number of hydrogen-bond donors (Lipinski definition) is 0. The topological polar surface area (TPSA) is 29.5 Å². The number of allylic oxidation sites excluding steroid dienone is 1. The fourth-order valence-electron chi connectivity index (χ4n) is 3.52. The molecule has 1 aliphatic heterocycles. The second-order valence-electron chi connectivity index (χ2n) is 8.57. The van der Waals surface area contributed by atoms with E-state index in [2.05, 4.69) is 26.0 Å². The molecule has 0 aliphatic carbocycles. The molecule has 0 unspecified atom stereocenters. The van der Waals surface area contributed by atoms with Crippen molar-refractivity contribution in [1.29, 1.82) is 0 Å². The summed E-state index contributed by atoms with van der Waals surface area (Å²) in [4.78, 5) is 14.5. The van der Waals surface area contributed by atoms with Crippen molar-refractivity contribution in [1.82, 2.24) is 4.90 Å². The van der Waals surface area contributed by atoms with Crippen LogP contribution in [-0.2, 0) is 4.74 Å². The number of amides is 1. The number of hydrogen-bond acceptors (Lipinski definition) is 2. The minimum Gasteiger partial charge on any atom is -0.444 e. The Hall–Kier alpha value is -0.990. The fourth-order valence-corrected chi connectivity index (χ4v) is 3.52. The van der Waals surface area contributed by atoms with E-state index in [-0.39, 0.29) is 18.2 Å². The molecule has 3 heteroatoms. The molecule has 1 rings (SSSR count). The second-order valence-corrected chi connectivity index (χ2v) is 8.57. The van der Waals surface area contributed by atoms with Crippen LogP contribution in [0, 0.1) is 0 Å². The Bertz CT molecular complexity index is 397. The minimum absolute atomic E-state index is 0.162. The molecular weight excluding hydrogens is 310 g/mol. The summed E-state index contributed by atoms with van der Waals surface area (Å²) in [6.45, 7) is 10.2. The maximum atomic E-state index is 12.6. The summed E-state index contributed by atoms with van der Waals surface area (Å²) in [6, 6.07) is 0.458. The lowest BCUT2D eigenvalue weighted by Gasteiger charge is -2.40. The number of piperidine rings is 1. The van der Waals surface area contributed by atoms with Crippen molar-refractivity contribution >= 4 is 6.09 Å². The van der Waals surface area contributed by atoms with Crippen molar-refractivity contribution in [2.75, 3.05) is 0 Å². The van der Waals surface area contributed by atoms with Gasteiger partial charge in [-0.25, -0.2) is 4.79 Å². The number of carbonyl (C=O) groups is 1. The van der Waals surface area contributed by atoms with Crippen molar-refractivity contribution in [3.63, 3.8) is 0 Å². The zero-order chi connectivity index (χ0) is 18.7. The number of likely N-dealkylation sites (tertiary alicyclic amines) is 1. The Kier molecular flexibility index (Phi) is 10.2. The quantitative estimate of drug-likeness (QED) is 0.335. The van der Waals surface area contributed by atoms with Gasteiger partial charge in [0.25, 0.3) is 0 Å². The highest BCUT2D eigenvalue weighted by Crippen LogP contribution is 2.26. The highest BCUT2D eigenvalue weighted by Gasteiger charge is 2.33. The molecule has 2 atom stereocenters. The molecule has 1 saturated heterocycles. The summed E-state index contributed by atoms with van der Waals surface area (Å²) in [7, 11) is 0. The summed E-state index contributed by atoms with van der Waals surface area (Å²) >= 11 is 0. The van der Waals surface area contributed by atoms with Gasteiger partial charge in [-0.15, -0.1) is 0 Å². The van der Waals surface area contributed by atoms with Gasteiger partial charge in [0.2, 0.25) is 0 Å². The van der Waals surface area contributed by atoms with Crippen LogP contribution in [0.25, 0.3) is 0 Å². The highest BCUT2D eigenvalue weighted by atomic mass is 16.6. The maximum absolute atomic E-state index is 12.6. The molecule has 0 N–H and O–H groups in total. The Labute approximate surface area is 156 Å². The standard InChI is InChI=1S/C22H41NO2/c1-6-7-8-9-10-11-12-13-14-17-20-18-15-16-19(2)23(20)21(24)25-22(3,4)5/h14,17,19-20H,6-13,15-16,18H2,1-5H3/b17-14+/t19-,20-/m0/s1. The van der Waals surface area contributed by atoms with Gasteiger partial charge in [0.1, 0.15) is 5.60 Å². The molecule has 0 spiro atoms. The van der Waals surface area contributed by atoms with E-state index < -0.39 is 5.60 Å². The van der Waals surface area contributed by atoms with Crippen molar-refractivity contribution in [3.8, 4) is 0 Å². The van der Waals surface area contributed by atoms with Gasteiger partial charge in [-0.3, -0.25) is 4.90 Å². The molecule has 1 amide bonds. The van der Waals surface area contributed by atoms with E-state index in [4.69, 9.17) is 4.74 Å². The van der Waals surface area contributed by atoms with E-state index >= 15 is 0 Å². The molecule has 1 heterocycles. The maximum Gasteiger partial charge on any atom is 0.411 e. The monoisotopic (exact) mass is 351 g/mol. The van der Waals surface area contributed by atoms with E-state index in [9.17, 15) is 4.79 Å². The number of unbranched alkanes of at least 4 members (excludes halogenated alkanes) is 7. The molecule has 0 bridgehead atoms. The number of nitrogens with zero attached hydrogens (tertiary/aromatic N) is 1. The summed E-state index contributed by atoms with van der Waals surface area (Å²) in [5.74, 6) is 0. The van der Waals surface area contributed by atoms with Gasteiger partial charge in [0.15, 0.2) is 0 Å². The van der Waals surface area contributed by atoms with Crippen LogP contribution in [0.15, 0.2) is 12.2 Å². The Morgan fingerprint density at radius 2 is 1.72 bits per heavy atom. The average molecular weight is 352 g/mol. The molecule has 1 fully saturated rings. The molecule has 146 valence electrons. The third-order valence-electron chi connectivity index (χ3n) is 4.89. The summed E-state index contributed by atoms with van der Waals surface area (Å²) in [5.41, 5.74) is -0.430. The summed E-state index contributed by atoms with van der Waals surface area (Å²) in [6.07, 6.45) is 18.2. The van der Waals surface area contributed by atoms with Gasteiger partial charge < -0.3 is 4.74 Å². The first-order valence-corrected chi connectivity index (χ1v) is 10.5. The molecule has 0 saturated carbocycles. The Morgan fingerprint density at radius 3 is 2.36 bits per heavy atom. The Morgan fingerprint density at radius 1 is 1.08 bits per heavy atom. The number of rotatable bonds is 9. The van der Waals surface area contributed by atoms with Crippen LogP contribution < -0.4 is 0 Å². The van der Waals surface area contributed by atoms with Gasteiger partial charge in [0.05, 0.1) is 6.04 Å². The van der Waals surface area contributed by atoms with Gasteiger partial charge >= 0.3 is 6.09 Å². The smallest absolute Gasteiger partial charge is 0.411 e. The zero-order valence-corrected chi connectivity index (χ0v) is 17.4. The normalized spacial score (nSPS) is 21.7. The molecule has 0 aromatic heterocycles. The number of ether oxygens (including phenoxy) is 1. The van der Waals surface area contributed by atoms with Gasteiger partial charge in [-0.1, -0.05) is 57.6 Å². The van der Waals surface area contributed by atoms with Crippen LogP contribution in [0.4, 0.5) is 4.79 Å². The van der Waals surface area contributed by atoms with Crippen molar-refractivity contribution in [2.24, 2.45) is 0 Å². The van der Waals surface area contributed by atoms with Crippen molar-refractivity contribution < 1.29 is 9.53 Å². The first kappa shape index (κ1) is 22.1. The fraction of sp³-hybridized carbons (Fsp3) is 0.864. The van der Waals surface area contributed by atoms with Gasteiger partial charge in [-0.2, -0.15) is 0 Å². The Balaban J connectivity index is 2.38. The zero-order valence-electron chi connectivity index (χ0n) is 17.4. The van der Waals surface area contributed by atoms with Crippen LogP contribution in [0.1, 0.15) is 105 Å². The predicted octanol–water partition coefficient (Wildman–Crippen LogP) is 6.86. The molecule has 3 nitrogen and oxygen atoms in total. The van der Waals surface area contributed by atoms with E-state index in [1.165, 1.54) is 51.4 Å². The molecule has 0 aromatic rings. The van der Waals surface area contributed by atoms with E-state index in [0.717, 1.165) is 19.3 Å². The summed E-state index contributed by atoms with van der Waals surface area (Å²) in [5, 5.41) is 0. The van der Waals surface area contributed by atoms with Crippen molar-refractivity contribution in [3.05, 3.63) is 12.2 Å². The number of carbonyl (C=O) groups excluding carboxylic acids is 1. The second kappa shape index (κ2) is 11.6. The van der Waals surface area contributed by atoms with E-state index in [1.54, 1.807) is 0 Å². The minimum atomic E-state index is -0.430. The third kappa shape index (κ3) is 9.32. The highest BCUT2D eigenvalue weighted by molar-refractivity contribution is 5.69. The largest absolute Gasteiger partial charge is 0.444 e. The lowest BCUT2D eigenvalue weighted by molar-refractivity contribution is 0.00358. The average Bonchev–Trinajstić information content (AvgIpc) is 2.51. The predicted molar refractivity (Wildman–Crippen MR) is 107 cm³/mol. The molecule has 25 heavy (non-hydrogen) atoms.